The number of rotatable bonds is 72. The molecule has 0 bridgehead atoms. The molecule has 19 heteroatoms. The fourth-order valence-corrected chi connectivity index (χ4v) is 12.9. The van der Waals surface area contributed by atoms with Crippen molar-refractivity contribution in [2.75, 3.05) is 39.6 Å². The van der Waals surface area contributed by atoms with E-state index in [0.29, 0.717) is 31.6 Å². The Morgan fingerprint density at radius 2 is 0.511 bits per heavy atom. The summed E-state index contributed by atoms with van der Waals surface area (Å²) in [5.74, 6) is 0.975. The summed E-state index contributed by atoms with van der Waals surface area (Å²) in [7, 11) is -9.91. The summed E-state index contributed by atoms with van der Waals surface area (Å²) in [6, 6.07) is 0. The number of phosphoric acid groups is 2. The Bertz CT molecular complexity index is 1850. The maximum Gasteiger partial charge on any atom is 0.472 e. The van der Waals surface area contributed by atoms with Crippen LogP contribution >= 0.6 is 15.6 Å². The number of unbranched alkanes of at least 4 members (excludes halogenated alkanes) is 36. The molecule has 0 saturated carbocycles. The molecule has 7 atom stereocenters. The van der Waals surface area contributed by atoms with Gasteiger partial charge in [-0.15, -0.1) is 0 Å². The van der Waals surface area contributed by atoms with E-state index in [1.54, 1.807) is 0 Å². The van der Waals surface area contributed by atoms with Gasteiger partial charge in [-0.05, 0) is 49.4 Å². The van der Waals surface area contributed by atoms with Gasteiger partial charge >= 0.3 is 39.5 Å². The smallest absolute Gasteiger partial charge is 0.462 e. The number of hydrogen-bond donors (Lipinski definition) is 3. The minimum atomic E-state index is -4.96. The highest BCUT2D eigenvalue weighted by Gasteiger charge is 2.30. The lowest BCUT2D eigenvalue weighted by Gasteiger charge is -2.21. The van der Waals surface area contributed by atoms with Gasteiger partial charge in [0.05, 0.1) is 26.4 Å². The summed E-state index contributed by atoms with van der Waals surface area (Å²) >= 11 is 0. The third-order valence-electron chi connectivity index (χ3n) is 18.0. The Morgan fingerprint density at radius 3 is 0.755 bits per heavy atom. The molecule has 94 heavy (non-hydrogen) atoms. The van der Waals surface area contributed by atoms with Gasteiger partial charge in [0.15, 0.2) is 12.2 Å². The molecule has 0 fully saturated rings. The van der Waals surface area contributed by atoms with E-state index in [1.165, 1.54) is 173 Å². The van der Waals surface area contributed by atoms with Crippen LogP contribution in [-0.4, -0.2) is 96.7 Å². The summed E-state index contributed by atoms with van der Waals surface area (Å²) < 4.78 is 68.5. The van der Waals surface area contributed by atoms with Gasteiger partial charge < -0.3 is 33.8 Å². The van der Waals surface area contributed by atoms with E-state index in [9.17, 15) is 43.2 Å². The third-order valence-corrected chi connectivity index (χ3v) is 19.9. The van der Waals surface area contributed by atoms with E-state index >= 15 is 0 Å². The second kappa shape index (κ2) is 64.4. The molecule has 0 spiro atoms. The lowest BCUT2D eigenvalue weighted by atomic mass is 9.99. The molecular formula is C75H146O17P2. The maximum atomic E-state index is 13.1. The van der Waals surface area contributed by atoms with Crippen LogP contribution in [0.4, 0.5) is 0 Å². The first-order chi connectivity index (χ1) is 45.2. The molecule has 558 valence electrons. The zero-order valence-electron chi connectivity index (χ0n) is 61.6. The monoisotopic (exact) mass is 1380 g/mol. The molecule has 0 amide bonds. The van der Waals surface area contributed by atoms with Gasteiger partial charge in [-0.2, -0.15) is 0 Å². The highest BCUT2D eigenvalue weighted by Crippen LogP contribution is 2.45. The third kappa shape index (κ3) is 66.0. The van der Waals surface area contributed by atoms with E-state index in [2.05, 4.69) is 55.4 Å². The number of esters is 4. The van der Waals surface area contributed by atoms with Crippen molar-refractivity contribution in [2.45, 2.75) is 395 Å². The van der Waals surface area contributed by atoms with Crippen molar-refractivity contribution in [3.05, 3.63) is 0 Å². The molecule has 0 aliphatic carbocycles. The fraction of sp³-hybridized carbons (Fsp3) is 0.947. The van der Waals surface area contributed by atoms with Crippen molar-refractivity contribution < 1.29 is 80.2 Å². The molecule has 0 aromatic rings. The van der Waals surface area contributed by atoms with Crippen LogP contribution in [0.5, 0.6) is 0 Å². The molecule has 0 rings (SSSR count). The molecule has 0 aliphatic rings. The second-order valence-electron chi connectivity index (χ2n) is 28.5. The van der Waals surface area contributed by atoms with E-state index < -0.39 is 97.5 Å². The van der Waals surface area contributed by atoms with Crippen LogP contribution in [0.3, 0.4) is 0 Å². The summed E-state index contributed by atoms with van der Waals surface area (Å²) in [4.78, 5) is 72.8. The van der Waals surface area contributed by atoms with Crippen LogP contribution in [0.1, 0.15) is 376 Å². The number of carbonyl (C=O) groups excluding carboxylic acids is 4. The fourth-order valence-electron chi connectivity index (χ4n) is 11.3. The molecular weight excluding hydrogens is 1230 g/mol. The molecule has 0 aromatic heterocycles. The van der Waals surface area contributed by atoms with Gasteiger partial charge in [0.1, 0.15) is 19.3 Å². The minimum Gasteiger partial charge on any atom is -0.462 e. The van der Waals surface area contributed by atoms with Crippen molar-refractivity contribution >= 4 is 39.5 Å². The van der Waals surface area contributed by atoms with E-state index in [0.717, 1.165) is 114 Å². The zero-order chi connectivity index (χ0) is 69.6. The summed E-state index contributed by atoms with van der Waals surface area (Å²) in [5.41, 5.74) is 0. The molecule has 0 saturated heterocycles. The van der Waals surface area contributed by atoms with Gasteiger partial charge in [0.2, 0.25) is 0 Å². The molecule has 0 aromatic carbocycles. The number of phosphoric ester groups is 2. The van der Waals surface area contributed by atoms with Crippen LogP contribution in [0.2, 0.25) is 0 Å². The number of ether oxygens (including phenoxy) is 4. The topological polar surface area (TPSA) is 237 Å². The van der Waals surface area contributed by atoms with Crippen molar-refractivity contribution in [2.24, 2.45) is 23.7 Å². The van der Waals surface area contributed by atoms with Crippen molar-refractivity contribution in [1.29, 1.82) is 0 Å². The van der Waals surface area contributed by atoms with Gasteiger partial charge in [-0.3, -0.25) is 37.3 Å². The van der Waals surface area contributed by atoms with Gasteiger partial charge in [0, 0.05) is 25.7 Å². The number of aliphatic hydroxyl groups excluding tert-OH is 1. The largest absolute Gasteiger partial charge is 0.472 e. The SMILES string of the molecule is CCC(C)CCCCCCCCCCCCCCCCC(=O)O[C@H](COC(=O)CCCCCCCCCC(C)C)COP(=O)(O)OCC(O)COP(=O)(O)OC[C@@H](COC(=O)CCCCCCCCCCCC(C)C)OC(=O)CCCCCCCCCCCCC(C)CC. The Morgan fingerprint density at radius 1 is 0.298 bits per heavy atom. The quantitative estimate of drug-likeness (QED) is 0.0222. The molecule has 0 aliphatic heterocycles. The first kappa shape index (κ1) is 92.1. The number of hydrogen-bond acceptors (Lipinski definition) is 15. The number of carbonyl (C=O) groups is 4. The predicted octanol–water partition coefficient (Wildman–Crippen LogP) is 21.7. The molecule has 0 heterocycles. The van der Waals surface area contributed by atoms with Crippen molar-refractivity contribution in [3.63, 3.8) is 0 Å². The first-order valence-electron chi connectivity index (χ1n) is 38.8. The average molecular weight is 1380 g/mol. The Balaban J connectivity index is 5.24. The van der Waals surface area contributed by atoms with Crippen LogP contribution in [0, 0.1) is 23.7 Å². The summed E-state index contributed by atoms with van der Waals surface area (Å²) in [5, 5.41) is 10.6. The summed E-state index contributed by atoms with van der Waals surface area (Å²) in [6.07, 6.45) is 48.5. The van der Waals surface area contributed by atoms with Gasteiger partial charge in [-0.1, -0.05) is 325 Å². The average Bonchev–Trinajstić information content (AvgIpc) is 1.30. The van der Waals surface area contributed by atoms with E-state index in [1.807, 2.05) is 0 Å². The second-order valence-corrected chi connectivity index (χ2v) is 31.4. The zero-order valence-corrected chi connectivity index (χ0v) is 63.4. The van der Waals surface area contributed by atoms with Crippen LogP contribution in [0.15, 0.2) is 0 Å². The van der Waals surface area contributed by atoms with Crippen molar-refractivity contribution in [1.82, 2.24) is 0 Å². The Hall–Kier alpha value is -1.94. The van der Waals surface area contributed by atoms with E-state index in [-0.39, 0.29) is 25.7 Å². The van der Waals surface area contributed by atoms with Crippen molar-refractivity contribution in [3.8, 4) is 0 Å². The van der Waals surface area contributed by atoms with Crippen LogP contribution in [0.25, 0.3) is 0 Å². The lowest BCUT2D eigenvalue weighted by Crippen LogP contribution is -2.30. The molecule has 3 N–H and O–H groups in total. The highest BCUT2D eigenvalue weighted by atomic mass is 31.2. The normalized spacial score (nSPS) is 14.7. The minimum absolute atomic E-state index is 0.105. The van der Waals surface area contributed by atoms with Gasteiger partial charge in [0.25, 0.3) is 0 Å². The first-order valence-corrected chi connectivity index (χ1v) is 41.8. The highest BCUT2D eigenvalue weighted by molar-refractivity contribution is 7.47. The molecule has 0 radical (unpaired) electrons. The van der Waals surface area contributed by atoms with Crippen LogP contribution < -0.4 is 0 Å². The van der Waals surface area contributed by atoms with Crippen LogP contribution in [-0.2, 0) is 65.4 Å². The van der Waals surface area contributed by atoms with E-state index in [4.69, 9.17) is 37.0 Å². The number of aliphatic hydroxyl groups is 1. The Kier molecular flexibility index (Phi) is 63.1. The molecule has 17 nitrogen and oxygen atoms in total. The maximum absolute atomic E-state index is 13.1. The predicted molar refractivity (Wildman–Crippen MR) is 381 cm³/mol. The Labute approximate surface area is 575 Å². The van der Waals surface area contributed by atoms with Gasteiger partial charge in [-0.25, -0.2) is 9.13 Å². The standard InChI is InChI=1S/C75H146O17P2/c1-9-67(7)53-45-37-29-21-15-13-11-12-14-16-23-32-41-49-57-74(79)92-71(62-86-73(78)56-48-40-34-26-28-36-44-52-66(5)6)64-90-94(83,84)88-60-69(76)59-87-93(81,82)89-63-70(61-85-72(77)55-47-39-31-25-19-20-27-35-43-51-65(3)4)91-75(80)58-50-42-33-24-18-17-22-30-38-46-54-68(8)10-2/h65-71,76H,9-64H2,1-8H3,(H,81,82)(H,83,84)/t67?,68?,69?,70-,71-/m1/s1. The lowest BCUT2D eigenvalue weighted by molar-refractivity contribution is -0.161. The molecule has 5 unspecified atom stereocenters. The summed E-state index contributed by atoms with van der Waals surface area (Å²) in [6.45, 7) is 14.2.